The molecule has 1 aromatic carbocycles. The Balaban J connectivity index is 1.58. The van der Waals surface area contributed by atoms with E-state index in [2.05, 4.69) is 22.2 Å². The number of primary sulfonamides is 1. The Hall–Kier alpha value is -2.25. The number of nitrogens with one attached hydrogen (secondary N) is 1. The van der Waals surface area contributed by atoms with Gasteiger partial charge in [0.1, 0.15) is 5.75 Å². The lowest BCUT2D eigenvalue weighted by atomic mass is 10.3. The maximum absolute atomic E-state index is 11.8. The van der Waals surface area contributed by atoms with E-state index in [9.17, 15) is 8.42 Å². The van der Waals surface area contributed by atoms with Gasteiger partial charge in [0.25, 0.3) is 0 Å². The van der Waals surface area contributed by atoms with Crippen molar-refractivity contribution in [1.82, 2.24) is 14.9 Å². The summed E-state index contributed by atoms with van der Waals surface area (Å²) in [6, 6.07) is 4.51. The second kappa shape index (κ2) is 9.55. The molecule has 33 heavy (non-hydrogen) atoms. The molecule has 12 heteroatoms. The van der Waals surface area contributed by atoms with E-state index in [1.165, 1.54) is 23.5 Å². The molecule has 2 aromatic heterocycles. The first kappa shape index (κ1) is 23.9. The topological polar surface area (TPSA) is 114 Å². The van der Waals surface area contributed by atoms with Crippen LogP contribution in [-0.2, 0) is 10.0 Å². The lowest BCUT2D eigenvalue weighted by Gasteiger charge is -2.32. The molecule has 1 aliphatic rings. The standard InChI is InChI=1S/C21H28N6O3S3/c1-13(2)30-18-6-5-15(33(22,28)29)11-16(18)24-20-25-17(12-31-20)19-14(3)23-21(32-19)27-9-7-26(4)8-10-27/h5-6,11-13H,7-10H2,1-4H3,(H,24,25)(H2,22,28,29). The number of sulfonamides is 1. The number of likely N-dealkylation sites (N-methyl/N-ethyl adjacent to an activating group) is 1. The molecule has 3 aromatic rings. The van der Waals surface area contributed by atoms with Crippen LogP contribution < -0.4 is 20.1 Å². The summed E-state index contributed by atoms with van der Waals surface area (Å²) in [6.07, 6.45) is -0.0782. The van der Waals surface area contributed by atoms with Crippen molar-refractivity contribution in [2.75, 3.05) is 43.4 Å². The van der Waals surface area contributed by atoms with Crippen LogP contribution in [0.4, 0.5) is 16.0 Å². The van der Waals surface area contributed by atoms with Gasteiger partial charge in [-0.1, -0.05) is 11.3 Å². The minimum Gasteiger partial charge on any atom is -0.489 e. The predicted octanol–water partition coefficient (Wildman–Crippen LogP) is 3.51. The first-order valence-corrected chi connectivity index (χ1v) is 13.8. The average molecular weight is 509 g/mol. The zero-order chi connectivity index (χ0) is 23.8. The predicted molar refractivity (Wildman–Crippen MR) is 135 cm³/mol. The third kappa shape index (κ3) is 5.64. The third-order valence-corrected chi connectivity index (χ3v) is 8.09. The third-order valence-electron chi connectivity index (χ3n) is 5.18. The second-order valence-corrected chi connectivity index (χ2v) is 11.6. The molecule has 0 aliphatic carbocycles. The summed E-state index contributed by atoms with van der Waals surface area (Å²) < 4.78 is 29.5. The van der Waals surface area contributed by atoms with Crippen molar-refractivity contribution in [2.45, 2.75) is 31.8 Å². The van der Waals surface area contributed by atoms with Crippen molar-refractivity contribution in [1.29, 1.82) is 0 Å². The van der Waals surface area contributed by atoms with Gasteiger partial charge in [0.2, 0.25) is 10.0 Å². The van der Waals surface area contributed by atoms with Gasteiger partial charge in [-0.15, -0.1) is 11.3 Å². The van der Waals surface area contributed by atoms with Crippen LogP contribution in [0.3, 0.4) is 0 Å². The van der Waals surface area contributed by atoms with E-state index in [1.54, 1.807) is 17.4 Å². The SMILES string of the molecule is Cc1nc(N2CCN(C)CC2)sc1-c1csc(Nc2cc(S(N)(=O)=O)ccc2OC(C)C)n1. The number of anilines is 3. The van der Waals surface area contributed by atoms with E-state index < -0.39 is 10.0 Å². The minimum absolute atomic E-state index is 0.00741. The fourth-order valence-electron chi connectivity index (χ4n) is 3.44. The molecular formula is C21H28N6O3S3. The molecule has 4 rings (SSSR count). The van der Waals surface area contributed by atoms with Crippen molar-refractivity contribution in [3.05, 3.63) is 29.3 Å². The van der Waals surface area contributed by atoms with Crippen LogP contribution in [0.2, 0.25) is 0 Å². The number of nitrogens with zero attached hydrogens (tertiary/aromatic N) is 4. The molecule has 0 radical (unpaired) electrons. The molecule has 3 heterocycles. The lowest BCUT2D eigenvalue weighted by Crippen LogP contribution is -2.44. The lowest BCUT2D eigenvalue weighted by molar-refractivity contribution is 0.243. The van der Waals surface area contributed by atoms with Crippen molar-refractivity contribution in [3.8, 4) is 16.3 Å². The Labute approximate surface area is 202 Å². The van der Waals surface area contributed by atoms with Crippen molar-refractivity contribution >= 4 is 48.6 Å². The first-order valence-electron chi connectivity index (χ1n) is 10.6. The number of nitrogens with two attached hydrogens (primary N) is 1. The Morgan fingerprint density at radius 1 is 1.18 bits per heavy atom. The van der Waals surface area contributed by atoms with E-state index >= 15 is 0 Å². The van der Waals surface area contributed by atoms with E-state index in [4.69, 9.17) is 19.8 Å². The van der Waals surface area contributed by atoms with Gasteiger partial charge in [-0.3, -0.25) is 0 Å². The van der Waals surface area contributed by atoms with Gasteiger partial charge < -0.3 is 19.9 Å². The molecule has 9 nitrogen and oxygen atoms in total. The Bertz CT molecular complexity index is 1230. The molecule has 1 saturated heterocycles. The summed E-state index contributed by atoms with van der Waals surface area (Å²) in [6.45, 7) is 9.79. The highest BCUT2D eigenvalue weighted by molar-refractivity contribution is 7.89. The van der Waals surface area contributed by atoms with Crippen molar-refractivity contribution in [2.24, 2.45) is 5.14 Å². The number of benzene rings is 1. The highest BCUT2D eigenvalue weighted by atomic mass is 32.2. The molecule has 3 N–H and O–H groups in total. The van der Waals surface area contributed by atoms with Gasteiger partial charge in [-0.2, -0.15) is 0 Å². The molecular weight excluding hydrogens is 480 g/mol. The van der Waals surface area contributed by atoms with Crippen LogP contribution >= 0.6 is 22.7 Å². The molecule has 0 unspecified atom stereocenters. The summed E-state index contributed by atoms with van der Waals surface area (Å²) in [7, 11) is -1.71. The largest absolute Gasteiger partial charge is 0.489 e. The monoisotopic (exact) mass is 508 g/mol. The smallest absolute Gasteiger partial charge is 0.238 e. The highest BCUT2D eigenvalue weighted by Gasteiger charge is 2.21. The number of hydrogen-bond acceptors (Lipinski definition) is 10. The number of piperazine rings is 1. The molecule has 0 atom stereocenters. The van der Waals surface area contributed by atoms with Gasteiger partial charge in [-0.25, -0.2) is 23.5 Å². The van der Waals surface area contributed by atoms with Gasteiger partial charge in [0, 0.05) is 31.6 Å². The maximum Gasteiger partial charge on any atom is 0.238 e. The van der Waals surface area contributed by atoms with E-state index in [0.717, 1.165) is 47.6 Å². The fourth-order valence-corrected chi connectivity index (χ4v) is 5.85. The molecule has 1 aliphatic heterocycles. The van der Waals surface area contributed by atoms with Gasteiger partial charge in [0.05, 0.1) is 33.0 Å². The van der Waals surface area contributed by atoms with Gasteiger partial charge >= 0.3 is 0 Å². The number of aromatic nitrogens is 2. The molecule has 0 spiro atoms. The van der Waals surface area contributed by atoms with Crippen LogP contribution in [0, 0.1) is 6.92 Å². The molecule has 0 bridgehead atoms. The summed E-state index contributed by atoms with van der Waals surface area (Å²) in [5.74, 6) is 0.528. The molecule has 0 amide bonds. The zero-order valence-electron chi connectivity index (χ0n) is 19.0. The summed E-state index contributed by atoms with van der Waals surface area (Å²) in [5, 5.41) is 12.1. The quantitative estimate of drug-likeness (QED) is 0.498. The fraction of sp³-hybridized carbons (Fsp3) is 0.429. The van der Waals surface area contributed by atoms with Crippen LogP contribution in [0.5, 0.6) is 5.75 Å². The summed E-state index contributed by atoms with van der Waals surface area (Å²) in [4.78, 5) is 15.2. The molecule has 178 valence electrons. The second-order valence-electron chi connectivity index (χ2n) is 8.23. The maximum atomic E-state index is 11.8. The normalized spacial score (nSPS) is 15.3. The Morgan fingerprint density at radius 3 is 2.58 bits per heavy atom. The number of thiazole rings is 2. The van der Waals surface area contributed by atoms with Crippen LogP contribution in [0.1, 0.15) is 19.5 Å². The Kier molecular flexibility index (Phi) is 6.91. The summed E-state index contributed by atoms with van der Waals surface area (Å²) >= 11 is 3.08. The van der Waals surface area contributed by atoms with Crippen molar-refractivity contribution in [3.63, 3.8) is 0 Å². The van der Waals surface area contributed by atoms with E-state index in [-0.39, 0.29) is 11.0 Å². The summed E-state index contributed by atoms with van der Waals surface area (Å²) in [5.41, 5.74) is 2.29. The minimum atomic E-state index is -3.84. The van der Waals surface area contributed by atoms with Crippen LogP contribution in [-0.4, -0.2) is 62.6 Å². The highest BCUT2D eigenvalue weighted by Crippen LogP contribution is 2.38. The molecule has 1 fully saturated rings. The molecule has 0 saturated carbocycles. The van der Waals surface area contributed by atoms with Gasteiger partial charge in [0.15, 0.2) is 10.3 Å². The van der Waals surface area contributed by atoms with E-state index in [0.29, 0.717) is 16.6 Å². The van der Waals surface area contributed by atoms with Crippen LogP contribution in [0.15, 0.2) is 28.5 Å². The first-order chi connectivity index (χ1) is 15.6. The number of ether oxygens (including phenoxy) is 1. The number of rotatable bonds is 7. The van der Waals surface area contributed by atoms with E-state index in [1.807, 2.05) is 26.2 Å². The Morgan fingerprint density at radius 2 is 1.91 bits per heavy atom. The number of aryl methyl sites for hydroxylation is 1. The number of hydrogen-bond donors (Lipinski definition) is 2. The van der Waals surface area contributed by atoms with Crippen molar-refractivity contribution < 1.29 is 13.2 Å². The van der Waals surface area contributed by atoms with Gasteiger partial charge in [-0.05, 0) is 46.0 Å². The zero-order valence-corrected chi connectivity index (χ0v) is 21.5. The van der Waals surface area contributed by atoms with Crippen LogP contribution in [0.25, 0.3) is 10.6 Å². The average Bonchev–Trinajstić information content (AvgIpc) is 3.35.